The zero-order chi connectivity index (χ0) is 18.8. The van der Waals surface area contributed by atoms with Crippen LogP contribution in [0.3, 0.4) is 0 Å². The Hall–Kier alpha value is -1.32. The number of carbonyl (C=O) groups excluding carboxylic acids is 1. The Bertz CT molecular complexity index is 575. The van der Waals surface area contributed by atoms with Crippen molar-refractivity contribution in [2.45, 2.75) is 78.3 Å². The van der Waals surface area contributed by atoms with Gasteiger partial charge in [0, 0.05) is 24.6 Å². The van der Waals surface area contributed by atoms with Crippen molar-refractivity contribution in [2.24, 2.45) is 4.99 Å². The van der Waals surface area contributed by atoms with E-state index in [1.54, 1.807) is 0 Å². The minimum atomic E-state index is 0. The molecule has 27 heavy (non-hydrogen) atoms. The van der Waals surface area contributed by atoms with Crippen LogP contribution in [0, 0.1) is 0 Å². The van der Waals surface area contributed by atoms with E-state index >= 15 is 0 Å². The Labute approximate surface area is 179 Å². The lowest BCUT2D eigenvalue weighted by molar-refractivity contribution is -0.120. The summed E-state index contributed by atoms with van der Waals surface area (Å²) in [5.41, 5.74) is 2.01. The van der Waals surface area contributed by atoms with E-state index in [-0.39, 0.29) is 36.4 Å². The fourth-order valence-electron chi connectivity index (χ4n) is 3.31. The molecule has 1 aromatic rings. The summed E-state index contributed by atoms with van der Waals surface area (Å²) in [5.74, 6) is 1.55. The van der Waals surface area contributed by atoms with Crippen molar-refractivity contribution in [2.75, 3.05) is 13.1 Å². The lowest BCUT2D eigenvalue weighted by Crippen LogP contribution is -2.46. The summed E-state index contributed by atoms with van der Waals surface area (Å²) in [7, 11) is 0. The van der Waals surface area contributed by atoms with Crippen LogP contribution in [0.1, 0.15) is 69.9 Å². The van der Waals surface area contributed by atoms with Crippen LogP contribution >= 0.6 is 24.0 Å². The smallest absolute Gasteiger partial charge is 0.239 e. The lowest BCUT2D eigenvalue weighted by atomic mass is 9.95. The van der Waals surface area contributed by atoms with E-state index in [0.717, 1.165) is 49.2 Å². The molecule has 0 spiro atoms. The second-order valence-electron chi connectivity index (χ2n) is 6.69. The Kier molecular flexibility index (Phi) is 11.4. The van der Waals surface area contributed by atoms with Crippen LogP contribution in [0.15, 0.2) is 9.52 Å². The maximum absolute atomic E-state index is 12.2. The molecule has 0 aliphatic heterocycles. The van der Waals surface area contributed by atoms with Gasteiger partial charge in [-0.25, -0.2) is 4.99 Å². The molecule has 1 aliphatic rings. The van der Waals surface area contributed by atoms with Crippen LogP contribution in [0.4, 0.5) is 0 Å². The number of aliphatic imine (C=N–C) groups is 1. The third-order valence-corrected chi connectivity index (χ3v) is 4.73. The van der Waals surface area contributed by atoms with Gasteiger partial charge in [-0.1, -0.05) is 38.3 Å². The number of nitrogens with zero attached hydrogens (tertiary/aromatic N) is 2. The SMILES string of the molecule is CCNC(=NCc1c(CC)noc1CC)NCC(=O)NC1CCCCC1.I. The van der Waals surface area contributed by atoms with E-state index in [9.17, 15) is 4.79 Å². The highest BCUT2D eigenvalue weighted by molar-refractivity contribution is 14.0. The van der Waals surface area contributed by atoms with Gasteiger partial charge < -0.3 is 20.5 Å². The average Bonchev–Trinajstić information content (AvgIpc) is 3.06. The van der Waals surface area contributed by atoms with E-state index in [0.29, 0.717) is 18.5 Å². The molecule has 0 saturated heterocycles. The van der Waals surface area contributed by atoms with Gasteiger partial charge in [0.1, 0.15) is 5.76 Å². The fraction of sp³-hybridized carbons (Fsp3) is 0.737. The lowest BCUT2D eigenvalue weighted by Gasteiger charge is -2.23. The van der Waals surface area contributed by atoms with Crippen LogP contribution in [-0.4, -0.2) is 36.2 Å². The van der Waals surface area contributed by atoms with Gasteiger partial charge in [0.05, 0.1) is 18.8 Å². The molecule has 1 aliphatic carbocycles. The van der Waals surface area contributed by atoms with Gasteiger partial charge in [-0.2, -0.15) is 0 Å². The van der Waals surface area contributed by atoms with E-state index in [4.69, 9.17) is 4.52 Å². The molecule has 1 fully saturated rings. The Morgan fingerprint density at radius 2 is 1.89 bits per heavy atom. The van der Waals surface area contributed by atoms with Gasteiger partial charge in [-0.15, -0.1) is 24.0 Å². The zero-order valence-corrected chi connectivity index (χ0v) is 19.1. The van der Waals surface area contributed by atoms with Crippen molar-refractivity contribution in [3.05, 3.63) is 17.0 Å². The molecular weight excluding hydrogens is 457 g/mol. The van der Waals surface area contributed by atoms with Crippen molar-refractivity contribution in [1.82, 2.24) is 21.1 Å². The van der Waals surface area contributed by atoms with Gasteiger partial charge in [-0.05, 0) is 26.2 Å². The topological polar surface area (TPSA) is 91.6 Å². The molecule has 0 unspecified atom stereocenters. The monoisotopic (exact) mass is 491 g/mol. The number of hydrogen-bond donors (Lipinski definition) is 3. The predicted molar refractivity (Wildman–Crippen MR) is 119 cm³/mol. The first kappa shape index (κ1) is 23.7. The minimum Gasteiger partial charge on any atom is -0.361 e. The number of nitrogens with one attached hydrogen (secondary N) is 3. The van der Waals surface area contributed by atoms with Crippen LogP contribution in [0.2, 0.25) is 0 Å². The van der Waals surface area contributed by atoms with E-state index in [1.807, 2.05) is 13.8 Å². The maximum atomic E-state index is 12.2. The number of amides is 1. The van der Waals surface area contributed by atoms with Crippen molar-refractivity contribution in [1.29, 1.82) is 0 Å². The van der Waals surface area contributed by atoms with E-state index < -0.39 is 0 Å². The second-order valence-corrected chi connectivity index (χ2v) is 6.69. The summed E-state index contributed by atoms with van der Waals surface area (Å²) < 4.78 is 5.39. The highest BCUT2D eigenvalue weighted by atomic mass is 127. The highest BCUT2D eigenvalue weighted by Crippen LogP contribution is 2.17. The van der Waals surface area contributed by atoms with Crippen molar-refractivity contribution >= 4 is 35.8 Å². The molecule has 1 amide bonds. The van der Waals surface area contributed by atoms with Crippen molar-refractivity contribution in [3.63, 3.8) is 0 Å². The number of aryl methyl sites for hydroxylation is 2. The molecule has 154 valence electrons. The van der Waals surface area contributed by atoms with Gasteiger partial charge >= 0.3 is 0 Å². The number of aromatic nitrogens is 1. The summed E-state index contributed by atoms with van der Waals surface area (Å²) in [6, 6.07) is 0.328. The van der Waals surface area contributed by atoms with E-state index in [2.05, 4.69) is 33.0 Å². The number of rotatable bonds is 8. The van der Waals surface area contributed by atoms with Crippen LogP contribution in [-0.2, 0) is 24.2 Å². The molecule has 2 rings (SSSR count). The quantitative estimate of drug-likeness (QED) is 0.296. The third-order valence-electron chi connectivity index (χ3n) is 4.73. The summed E-state index contributed by atoms with van der Waals surface area (Å²) >= 11 is 0. The molecule has 1 heterocycles. The molecule has 1 saturated carbocycles. The Morgan fingerprint density at radius 1 is 1.15 bits per heavy atom. The van der Waals surface area contributed by atoms with Gasteiger partial charge in [0.25, 0.3) is 0 Å². The molecule has 8 heteroatoms. The molecular formula is C19H34IN5O2. The maximum Gasteiger partial charge on any atom is 0.239 e. The first-order chi connectivity index (χ1) is 12.7. The Morgan fingerprint density at radius 3 is 2.52 bits per heavy atom. The fourth-order valence-corrected chi connectivity index (χ4v) is 3.31. The number of halogens is 1. The first-order valence-electron chi connectivity index (χ1n) is 9.95. The minimum absolute atomic E-state index is 0. The molecule has 0 atom stereocenters. The number of carbonyl (C=O) groups is 1. The van der Waals surface area contributed by atoms with Crippen LogP contribution in [0.5, 0.6) is 0 Å². The molecule has 1 aromatic heterocycles. The normalized spacial score (nSPS) is 15.1. The standard InChI is InChI=1S/C19H33N5O2.HI/c1-4-16-15(17(5-2)26-24-16)12-21-19(20-6-3)22-13-18(25)23-14-10-8-7-9-11-14;/h14H,4-13H2,1-3H3,(H,23,25)(H2,20,21,22);1H. The highest BCUT2D eigenvalue weighted by Gasteiger charge is 2.16. The molecule has 0 radical (unpaired) electrons. The van der Waals surface area contributed by atoms with Gasteiger partial charge in [-0.3, -0.25) is 4.79 Å². The predicted octanol–water partition coefficient (Wildman–Crippen LogP) is 2.92. The second kappa shape index (κ2) is 13.0. The zero-order valence-electron chi connectivity index (χ0n) is 16.8. The molecule has 0 aromatic carbocycles. The summed E-state index contributed by atoms with van der Waals surface area (Å²) in [6.07, 6.45) is 7.50. The molecule has 0 bridgehead atoms. The average molecular weight is 491 g/mol. The number of hydrogen-bond acceptors (Lipinski definition) is 4. The molecule has 7 nitrogen and oxygen atoms in total. The summed E-state index contributed by atoms with van der Waals surface area (Å²) in [5, 5.41) is 13.5. The Balaban J connectivity index is 0.00000364. The van der Waals surface area contributed by atoms with Crippen molar-refractivity contribution < 1.29 is 9.32 Å². The largest absolute Gasteiger partial charge is 0.361 e. The summed E-state index contributed by atoms with van der Waals surface area (Å²) in [4.78, 5) is 16.8. The van der Waals surface area contributed by atoms with Crippen molar-refractivity contribution in [3.8, 4) is 0 Å². The van der Waals surface area contributed by atoms with E-state index in [1.165, 1.54) is 19.3 Å². The third kappa shape index (κ3) is 7.67. The molecule has 3 N–H and O–H groups in total. The first-order valence-corrected chi connectivity index (χ1v) is 9.95. The van der Waals surface area contributed by atoms with Gasteiger partial charge in [0.2, 0.25) is 5.91 Å². The van der Waals surface area contributed by atoms with Crippen LogP contribution < -0.4 is 16.0 Å². The van der Waals surface area contributed by atoms with Crippen LogP contribution in [0.25, 0.3) is 0 Å². The number of guanidine groups is 1. The summed E-state index contributed by atoms with van der Waals surface area (Å²) in [6.45, 7) is 7.58. The van der Waals surface area contributed by atoms with Gasteiger partial charge in [0.15, 0.2) is 5.96 Å².